The molecule has 1 atom stereocenters. The van der Waals surface area contributed by atoms with E-state index < -0.39 is 0 Å². The SMILES string of the molecule is O=C(c1cncc(Br)c1)C1C=c2c(ccc3c2=CCc2ccccc2-3)CC1. The van der Waals surface area contributed by atoms with Gasteiger partial charge in [0.2, 0.25) is 0 Å². The third-order valence-electron chi connectivity index (χ3n) is 5.63. The Morgan fingerprint density at radius 1 is 1.00 bits per heavy atom. The summed E-state index contributed by atoms with van der Waals surface area (Å²) in [5, 5.41) is 2.53. The third kappa shape index (κ3) is 2.87. The first kappa shape index (κ1) is 16.6. The zero-order valence-corrected chi connectivity index (χ0v) is 16.4. The van der Waals surface area contributed by atoms with Gasteiger partial charge in [-0.15, -0.1) is 0 Å². The molecule has 1 heterocycles. The first-order valence-corrected chi connectivity index (χ1v) is 10.1. The molecule has 2 aromatic carbocycles. The van der Waals surface area contributed by atoms with Gasteiger partial charge in [-0.05, 0) is 73.9 Å². The standard InChI is InChI=1S/C24H18BrNO/c25-19-11-18(13-26-14-19)24(27)17-6-5-16-8-9-21-20-4-2-1-3-15(20)7-10-22(21)23(16)12-17/h1-4,8-14,17H,5-7H2. The molecule has 0 saturated heterocycles. The van der Waals surface area contributed by atoms with Crippen LogP contribution in [0.25, 0.3) is 23.3 Å². The predicted octanol–water partition coefficient (Wildman–Crippen LogP) is 4.07. The smallest absolute Gasteiger partial charge is 0.171 e. The van der Waals surface area contributed by atoms with Crippen LogP contribution in [0.5, 0.6) is 0 Å². The second-order valence-corrected chi connectivity index (χ2v) is 8.15. The van der Waals surface area contributed by atoms with Crippen LogP contribution in [0.2, 0.25) is 0 Å². The average Bonchev–Trinajstić information content (AvgIpc) is 2.72. The van der Waals surface area contributed by atoms with E-state index in [1.807, 2.05) is 6.07 Å². The lowest BCUT2D eigenvalue weighted by atomic mass is 9.82. The molecular formula is C24H18BrNO. The molecule has 0 spiro atoms. The Kier molecular flexibility index (Phi) is 4.05. The second-order valence-electron chi connectivity index (χ2n) is 7.23. The van der Waals surface area contributed by atoms with Gasteiger partial charge in [-0.1, -0.05) is 48.6 Å². The molecule has 3 heteroatoms. The normalized spacial score (nSPS) is 17.0. The van der Waals surface area contributed by atoms with Crippen LogP contribution in [0.1, 0.15) is 27.9 Å². The Balaban J connectivity index is 1.64. The Morgan fingerprint density at radius 3 is 2.78 bits per heavy atom. The minimum atomic E-state index is -0.0920. The molecule has 0 bridgehead atoms. The van der Waals surface area contributed by atoms with Crippen molar-refractivity contribution < 1.29 is 4.79 Å². The maximum absolute atomic E-state index is 13.0. The summed E-state index contributed by atoms with van der Waals surface area (Å²) in [4.78, 5) is 17.2. The van der Waals surface area contributed by atoms with Gasteiger partial charge >= 0.3 is 0 Å². The third-order valence-corrected chi connectivity index (χ3v) is 6.06. The van der Waals surface area contributed by atoms with Crippen molar-refractivity contribution in [1.29, 1.82) is 0 Å². The number of pyridine rings is 1. The minimum absolute atomic E-state index is 0.0920. The van der Waals surface area contributed by atoms with Gasteiger partial charge in [0.1, 0.15) is 0 Å². The number of carbonyl (C=O) groups excluding carboxylic acids is 1. The van der Waals surface area contributed by atoms with Crippen LogP contribution < -0.4 is 10.4 Å². The summed E-state index contributed by atoms with van der Waals surface area (Å²) in [7, 11) is 0. The molecule has 0 fully saturated rings. The van der Waals surface area contributed by atoms with Gasteiger partial charge in [-0.25, -0.2) is 0 Å². The number of carbonyl (C=O) groups is 1. The molecule has 1 unspecified atom stereocenters. The maximum Gasteiger partial charge on any atom is 0.171 e. The number of halogens is 1. The fraction of sp³-hybridized carbons (Fsp3) is 0.167. The fourth-order valence-electron chi connectivity index (χ4n) is 4.29. The van der Waals surface area contributed by atoms with E-state index in [4.69, 9.17) is 0 Å². The van der Waals surface area contributed by atoms with Gasteiger partial charge in [-0.3, -0.25) is 9.78 Å². The molecule has 5 rings (SSSR count). The quantitative estimate of drug-likeness (QED) is 0.590. The van der Waals surface area contributed by atoms with Crippen molar-refractivity contribution in [3.8, 4) is 11.1 Å². The molecule has 2 aliphatic carbocycles. The first-order chi connectivity index (χ1) is 13.2. The van der Waals surface area contributed by atoms with Crippen LogP contribution in [0.15, 0.2) is 59.3 Å². The number of rotatable bonds is 2. The molecule has 3 aromatic rings. The van der Waals surface area contributed by atoms with Crippen molar-refractivity contribution >= 4 is 33.9 Å². The van der Waals surface area contributed by atoms with Gasteiger partial charge in [0.15, 0.2) is 5.78 Å². The van der Waals surface area contributed by atoms with Crippen LogP contribution in [0, 0.1) is 5.92 Å². The summed E-state index contributed by atoms with van der Waals surface area (Å²) in [6.07, 6.45) is 10.6. The number of aromatic nitrogens is 1. The zero-order chi connectivity index (χ0) is 18.4. The summed E-state index contributed by atoms with van der Waals surface area (Å²) in [6, 6.07) is 14.9. The molecular weight excluding hydrogens is 398 g/mol. The Hall–Kier alpha value is -2.52. The van der Waals surface area contributed by atoms with Crippen LogP contribution in [-0.4, -0.2) is 10.8 Å². The van der Waals surface area contributed by atoms with Gasteiger partial charge in [-0.2, -0.15) is 0 Å². The van der Waals surface area contributed by atoms with E-state index in [1.165, 1.54) is 32.7 Å². The van der Waals surface area contributed by atoms with E-state index in [2.05, 4.69) is 69.5 Å². The van der Waals surface area contributed by atoms with E-state index in [1.54, 1.807) is 12.4 Å². The summed E-state index contributed by atoms with van der Waals surface area (Å²) in [6.45, 7) is 0. The number of nitrogens with zero attached hydrogens (tertiary/aromatic N) is 1. The highest BCUT2D eigenvalue weighted by molar-refractivity contribution is 9.10. The van der Waals surface area contributed by atoms with Crippen molar-refractivity contribution in [2.24, 2.45) is 5.92 Å². The highest BCUT2D eigenvalue weighted by Crippen LogP contribution is 2.26. The van der Waals surface area contributed by atoms with Crippen LogP contribution in [0.4, 0.5) is 0 Å². The Bertz CT molecular complexity index is 1200. The molecule has 1 aromatic heterocycles. The number of Topliss-reactive ketones (excluding diaryl/α,β-unsaturated/α-hetero) is 1. The highest BCUT2D eigenvalue weighted by Gasteiger charge is 2.23. The zero-order valence-electron chi connectivity index (χ0n) is 14.8. The summed E-state index contributed by atoms with van der Waals surface area (Å²) >= 11 is 3.41. The van der Waals surface area contributed by atoms with E-state index in [9.17, 15) is 4.79 Å². The summed E-state index contributed by atoms with van der Waals surface area (Å²) < 4.78 is 0.840. The highest BCUT2D eigenvalue weighted by atomic mass is 79.9. The molecule has 2 aliphatic rings. The predicted molar refractivity (Wildman–Crippen MR) is 112 cm³/mol. The molecule has 132 valence electrons. The fourth-order valence-corrected chi connectivity index (χ4v) is 4.65. The van der Waals surface area contributed by atoms with Crippen molar-refractivity contribution in [3.05, 3.63) is 86.5 Å². The van der Waals surface area contributed by atoms with E-state index in [0.29, 0.717) is 5.56 Å². The molecule has 0 N–H and O–H groups in total. The molecule has 0 saturated carbocycles. The van der Waals surface area contributed by atoms with E-state index in [-0.39, 0.29) is 11.7 Å². The molecule has 0 aliphatic heterocycles. The maximum atomic E-state index is 13.0. The van der Waals surface area contributed by atoms with Crippen LogP contribution in [0.3, 0.4) is 0 Å². The molecule has 0 radical (unpaired) electrons. The molecule has 2 nitrogen and oxygen atoms in total. The van der Waals surface area contributed by atoms with Crippen molar-refractivity contribution in [2.75, 3.05) is 0 Å². The summed E-state index contributed by atoms with van der Waals surface area (Å²) in [5.74, 6) is 0.0638. The van der Waals surface area contributed by atoms with Crippen molar-refractivity contribution in [3.63, 3.8) is 0 Å². The average molecular weight is 416 g/mol. The molecule has 27 heavy (non-hydrogen) atoms. The van der Waals surface area contributed by atoms with Gasteiger partial charge in [0, 0.05) is 28.3 Å². The lowest BCUT2D eigenvalue weighted by Gasteiger charge is -2.21. The second kappa shape index (κ2) is 6.58. The number of benzene rings is 2. The lowest BCUT2D eigenvalue weighted by Crippen LogP contribution is -2.37. The topological polar surface area (TPSA) is 30.0 Å². The van der Waals surface area contributed by atoms with Gasteiger partial charge in [0.05, 0.1) is 0 Å². The number of fused-ring (bicyclic) bond motifs is 5. The largest absolute Gasteiger partial charge is 0.293 e. The van der Waals surface area contributed by atoms with Crippen LogP contribution in [-0.2, 0) is 12.8 Å². The summed E-state index contributed by atoms with van der Waals surface area (Å²) in [5.41, 5.74) is 5.99. The van der Waals surface area contributed by atoms with Crippen molar-refractivity contribution in [2.45, 2.75) is 19.3 Å². The Morgan fingerprint density at radius 2 is 1.89 bits per heavy atom. The number of ketones is 1. The number of hydrogen-bond donors (Lipinski definition) is 0. The van der Waals surface area contributed by atoms with Gasteiger partial charge < -0.3 is 0 Å². The van der Waals surface area contributed by atoms with Crippen molar-refractivity contribution in [1.82, 2.24) is 4.98 Å². The lowest BCUT2D eigenvalue weighted by molar-refractivity contribution is 0.0946. The minimum Gasteiger partial charge on any atom is -0.293 e. The van der Waals surface area contributed by atoms with Crippen LogP contribution >= 0.6 is 15.9 Å². The number of aryl methyl sites for hydroxylation is 1. The van der Waals surface area contributed by atoms with E-state index in [0.717, 1.165) is 23.7 Å². The first-order valence-electron chi connectivity index (χ1n) is 9.28. The molecule has 0 amide bonds. The monoisotopic (exact) mass is 415 g/mol. The van der Waals surface area contributed by atoms with Gasteiger partial charge in [0.25, 0.3) is 0 Å². The van der Waals surface area contributed by atoms with E-state index >= 15 is 0 Å². The Labute approximate surface area is 166 Å². The number of hydrogen-bond acceptors (Lipinski definition) is 2.